The molecule has 1 N–H and O–H groups in total. The summed E-state index contributed by atoms with van der Waals surface area (Å²) in [6.07, 6.45) is 0. The molecular weight excluding hydrogens is 266 g/mol. The number of anilines is 1. The molecule has 0 aliphatic heterocycles. The summed E-state index contributed by atoms with van der Waals surface area (Å²) < 4.78 is 5.82. The number of aryl methyl sites for hydroxylation is 2. The lowest BCUT2D eigenvalue weighted by molar-refractivity contribution is -0.383. The van der Waals surface area contributed by atoms with E-state index in [1.165, 1.54) is 11.3 Å². The summed E-state index contributed by atoms with van der Waals surface area (Å²) >= 11 is 1.44. The van der Waals surface area contributed by atoms with Crippen LogP contribution in [0.15, 0.2) is 6.07 Å². The van der Waals surface area contributed by atoms with Gasteiger partial charge in [-0.25, -0.2) is 4.98 Å². The third-order valence-corrected chi connectivity index (χ3v) is 4.07. The first kappa shape index (κ1) is 13.7. The smallest absolute Gasteiger partial charge is 0.296 e. The van der Waals surface area contributed by atoms with E-state index in [9.17, 15) is 10.1 Å². The van der Waals surface area contributed by atoms with Crippen molar-refractivity contribution in [1.82, 2.24) is 4.98 Å². The fourth-order valence-corrected chi connectivity index (χ4v) is 2.85. The molecule has 0 unspecified atom stereocenters. The third kappa shape index (κ3) is 2.66. The van der Waals surface area contributed by atoms with Crippen LogP contribution in [0.1, 0.15) is 11.1 Å². The number of nitro groups is 1. The van der Waals surface area contributed by atoms with Gasteiger partial charge in [0.2, 0.25) is 0 Å². The van der Waals surface area contributed by atoms with Crippen molar-refractivity contribution in [2.75, 3.05) is 25.6 Å². The summed E-state index contributed by atoms with van der Waals surface area (Å²) in [5.41, 5.74) is 2.47. The molecule has 0 spiro atoms. The Morgan fingerprint density at radius 3 is 2.89 bits per heavy atom. The quantitative estimate of drug-likeness (QED) is 0.518. The Morgan fingerprint density at radius 2 is 2.26 bits per heavy atom. The number of nitrogens with one attached hydrogen (secondary N) is 1. The molecule has 7 heteroatoms. The van der Waals surface area contributed by atoms with Gasteiger partial charge >= 0.3 is 0 Å². The van der Waals surface area contributed by atoms with E-state index in [2.05, 4.69) is 10.3 Å². The third-order valence-electron chi connectivity index (χ3n) is 2.93. The van der Waals surface area contributed by atoms with E-state index >= 15 is 0 Å². The molecule has 0 aliphatic rings. The van der Waals surface area contributed by atoms with Crippen molar-refractivity contribution in [3.05, 3.63) is 27.3 Å². The predicted molar refractivity (Wildman–Crippen MR) is 76.1 cm³/mol. The fourth-order valence-electron chi connectivity index (χ4n) is 1.78. The van der Waals surface area contributed by atoms with Gasteiger partial charge in [-0.15, -0.1) is 0 Å². The molecular formula is C12H15N3O3S. The van der Waals surface area contributed by atoms with Crippen LogP contribution in [-0.4, -0.2) is 30.2 Å². The lowest BCUT2D eigenvalue weighted by Gasteiger charge is -2.00. The predicted octanol–water partition coefficient (Wildman–Crippen LogP) is 2.88. The van der Waals surface area contributed by atoms with E-state index in [-0.39, 0.29) is 10.6 Å². The van der Waals surface area contributed by atoms with Crippen LogP contribution < -0.4 is 5.32 Å². The SMILES string of the molecule is COCCNc1nc2c([N+](=O)[O-])cc(C)c(C)c2s1. The Labute approximate surface area is 114 Å². The molecule has 1 heterocycles. The van der Waals surface area contributed by atoms with Crippen LogP contribution in [0.25, 0.3) is 10.2 Å². The molecule has 102 valence electrons. The molecule has 0 radical (unpaired) electrons. The molecule has 2 rings (SSSR count). The highest BCUT2D eigenvalue weighted by molar-refractivity contribution is 7.22. The van der Waals surface area contributed by atoms with Gasteiger partial charge in [-0.3, -0.25) is 10.1 Å². The van der Waals surface area contributed by atoms with Crippen molar-refractivity contribution in [3.8, 4) is 0 Å². The number of methoxy groups -OCH3 is 1. The first-order chi connectivity index (χ1) is 9.04. The van der Waals surface area contributed by atoms with E-state index < -0.39 is 0 Å². The van der Waals surface area contributed by atoms with Crippen molar-refractivity contribution in [2.24, 2.45) is 0 Å². The molecule has 0 atom stereocenters. The first-order valence-corrected chi connectivity index (χ1v) is 6.64. The second kappa shape index (κ2) is 5.50. The number of fused-ring (bicyclic) bond motifs is 1. The molecule has 6 nitrogen and oxygen atoms in total. The monoisotopic (exact) mass is 281 g/mol. The van der Waals surface area contributed by atoms with E-state index in [1.807, 2.05) is 13.8 Å². The first-order valence-electron chi connectivity index (χ1n) is 5.82. The fraction of sp³-hybridized carbons (Fsp3) is 0.417. The maximum absolute atomic E-state index is 11.1. The number of non-ortho nitro benzene ring substituents is 1. The average Bonchev–Trinajstić information content (AvgIpc) is 2.78. The summed E-state index contributed by atoms with van der Waals surface area (Å²) in [6.45, 7) is 5.02. The number of thiazole rings is 1. The van der Waals surface area contributed by atoms with Gasteiger partial charge in [-0.1, -0.05) is 11.3 Å². The van der Waals surface area contributed by atoms with Gasteiger partial charge in [0.1, 0.15) is 0 Å². The van der Waals surface area contributed by atoms with Crippen LogP contribution in [0.5, 0.6) is 0 Å². The standard InChI is InChI=1S/C12H15N3O3S/c1-7-6-9(15(16)17)10-11(8(7)2)19-12(14-10)13-4-5-18-3/h6H,4-5H2,1-3H3,(H,13,14). The van der Waals surface area contributed by atoms with Gasteiger partial charge < -0.3 is 10.1 Å². The van der Waals surface area contributed by atoms with Crippen LogP contribution in [0.2, 0.25) is 0 Å². The van der Waals surface area contributed by atoms with Crippen molar-refractivity contribution >= 4 is 32.4 Å². The van der Waals surface area contributed by atoms with Crippen LogP contribution >= 0.6 is 11.3 Å². The van der Waals surface area contributed by atoms with E-state index in [4.69, 9.17) is 4.74 Å². The molecule has 1 aromatic heterocycles. The summed E-state index contributed by atoms with van der Waals surface area (Å²) in [6, 6.07) is 1.58. The highest BCUT2D eigenvalue weighted by atomic mass is 32.1. The highest BCUT2D eigenvalue weighted by Gasteiger charge is 2.19. The second-order valence-electron chi connectivity index (χ2n) is 4.21. The molecule has 0 saturated heterocycles. The van der Waals surface area contributed by atoms with Gasteiger partial charge in [0.15, 0.2) is 10.6 Å². The van der Waals surface area contributed by atoms with Crippen molar-refractivity contribution < 1.29 is 9.66 Å². The lowest BCUT2D eigenvalue weighted by atomic mass is 10.1. The van der Waals surface area contributed by atoms with Gasteiger partial charge in [-0.2, -0.15) is 0 Å². The molecule has 0 fully saturated rings. The number of benzene rings is 1. The maximum atomic E-state index is 11.1. The van der Waals surface area contributed by atoms with Gasteiger partial charge in [-0.05, 0) is 25.0 Å². The molecule has 19 heavy (non-hydrogen) atoms. The van der Waals surface area contributed by atoms with E-state index in [1.54, 1.807) is 13.2 Å². The Hall–Kier alpha value is -1.73. The molecule has 0 amide bonds. The van der Waals surface area contributed by atoms with Crippen molar-refractivity contribution in [3.63, 3.8) is 0 Å². The summed E-state index contributed by atoms with van der Waals surface area (Å²) in [5, 5.41) is 14.9. The van der Waals surface area contributed by atoms with E-state index in [0.717, 1.165) is 15.8 Å². The summed E-state index contributed by atoms with van der Waals surface area (Å²) in [4.78, 5) is 15.0. The number of nitro benzene ring substituents is 1. The lowest BCUT2D eigenvalue weighted by Crippen LogP contribution is -2.06. The Morgan fingerprint density at radius 1 is 1.53 bits per heavy atom. The minimum absolute atomic E-state index is 0.0640. The number of hydrogen-bond donors (Lipinski definition) is 1. The molecule has 0 bridgehead atoms. The Balaban J connectivity index is 2.47. The van der Waals surface area contributed by atoms with Gasteiger partial charge in [0.05, 0.1) is 16.2 Å². The zero-order chi connectivity index (χ0) is 14.0. The summed E-state index contributed by atoms with van der Waals surface area (Å²) in [7, 11) is 1.62. The molecule has 0 saturated carbocycles. The van der Waals surface area contributed by atoms with Gasteiger partial charge in [0, 0.05) is 19.7 Å². The van der Waals surface area contributed by atoms with Crippen molar-refractivity contribution in [1.29, 1.82) is 0 Å². The zero-order valence-corrected chi connectivity index (χ0v) is 11.8. The van der Waals surface area contributed by atoms with Crippen molar-refractivity contribution in [2.45, 2.75) is 13.8 Å². The number of ether oxygens (including phenoxy) is 1. The molecule has 2 aromatic rings. The number of nitrogens with zero attached hydrogens (tertiary/aromatic N) is 2. The number of aromatic nitrogens is 1. The minimum atomic E-state index is -0.382. The van der Waals surface area contributed by atoms with Crippen LogP contribution in [-0.2, 0) is 4.74 Å². The minimum Gasteiger partial charge on any atom is -0.383 e. The maximum Gasteiger partial charge on any atom is 0.296 e. The van der Waals surface area contributed by atoms with Gasteiger partial charge in [0.25, 0.3) is 5.69 Å². The van der Waals surface area contributed by atoms with Crippen LogP contribution in [0, 0.1) is 24.0 Å². The van der Waals surface area contributed by atoms with Crippen LogP contribution in [0.4, 0.5) is 10.8 Å². The van der Waals surface area contributed by atoms with Crippen LogP contribution in [0.3, 0.4) is 0 Å². The topological polar surface area (TPSA) is 77.3 Å². The molecule has 1 aromatic carbocycles. The zero-order valence-electron chi connectivity index (χ0n) is 11.0. The number of rotatable bonds is 5. The Kier molecular flexibility index (Phi) is 3.96. The Bertz CT molecular complexity index is 624. The molecule has 0 aliphatic carbocycles. The number of hydrogen-bond acceptors (Lipinski definition) is 6. The normalized spacial score (nSPS) is 10.9. The highest BCUT2D eigenvalue weighted by Crippen LogP contribution is 2.36. The average molecular weight is 281 g/mol. The van der Waals surface area contributed by atoms with E-state index in [0.29, 0.717) is 23.8 Å². The second-order valence-corrected chi connectivity index (χ2v) is 5.21. The summed E-state index contributed by atoms with van der Waals surface area (Å²) in [5.74, 6) is 0. The largest absolute Gasteiger partial charge is 0.383 e.